The lowest BCUT2D eigenvalue weighted by atomic mass is 10.1. The molecule has 1 aromatic rings. The minimum Gasteiger partial charge on any atom is -0.207 e. The van der Waals surface area contributed by atoms with E-state index in [1.165, 1.54) is 33.2 Å². The van der Waals surface area contributed by atoms with E-state index in [1.54, 1.807) is 0 Å². The van der Waals surface area contributed by atoms with Crippen LogP contribution in [0.2, 0.25) is 0 Å². The van der Waals surface area contributed by atoms with Gasteiger partial charge in [0.05, 0.1) is 10.8 Å². The molecule has 0 aliphatic rings. The number of nitrogens with zero attached hydrogens (tertiary/aromatic N) is 1. The Morgan fingerprint density at radius 1 is 1.38 bits per heavy atom. The van der Waals surface area contributed by atoms with E-state index in [0.717, 1.165) is 4.31 Å². The van der Waals surface area contributed by atoms with Crippen LogP contribution in [-0.4, -0.2) is 26.8 Å². The lowest BCUT2D eigenvalue weighted by Crippen LogP contribution is -2.22. The van der Waals surface area contributed by atoms with Crippen LogP contribution in [0, 0.1) is 12.7 Å². The Bertz CT molecular complexity index is 500. The highest BCUT2D eigenvalue weighted by Gasteiger charge is 2.20. The SMILES string of the molecule is Cc1cc(S(=O)(=O)N(C)C)cc(CCl)c1F. The number of benzene rings is 1. The Kier molecular flexibility index (Phi) is 3.93. The molecule has 0 unspecified atom stereocenters. The van der Waals surface area contributed by atoms with E-state index in [-0.39, 0.29) is 21.9 Å². The predicted molar refractivity (Wildman–Crippen MR) is 61.6 cm³/mol. The fourth-order valence-corrected chi connectivity index (χ4v) is 2.50. The summed E-state index contributed by atoms with van der Waals surface area (Å²) in [6.45, 7) is 1.51. The number of hydrogen-bond acceptors (Lipinski definition) is 2. The van der Waals surface area contributed by atoms with Crippen molar-refractivity contribution in [1.29, 1.82) is 0 Å². The van der Waals surface area contributed by atoms with Gasteiger partial charge < -0.3 is 0 Å². The van der Waals surface area contributed by atoms with E-state index in [2.05, 4.69) is 0 Å². The molecule has 0 fully saturated rings. The molecule has 90 valence electrons. The van der Waals surface area contributed by atoms with Crippen molar-refractivity contribution in [1.82, 2.24) is 4.31 Å². The maximum absolute atomic E-state index is 13.5. The van der Waals surface area contributed by atoms with Crippen molar-refractivity contribution in [2.45, 2.75) is 17.7 Å². The average Bonchev–Trinajstić information content (AvgIpc) is 2.21. The number of hydrogen-bond donors (Lipinski definition) is 0. The van der Waals surface area contributed by atoms with Gasteiger partial charge in [0.25, 0.3) is 0 Å². The van der Waals surface area contributed by atoms with Crippen LogP contribution in [0.25, 0.3) is 0 Å². The second-order valence-electron chi connectivity index (χ2n) is 3.63. The highest BCUT2D eigenvalue weighted by molar-refractivity contribution is 7.89. The Hall–Kier alpha value is -0.650. The second kappa shape index (κ2) is 4.69. The van der Waals surface area contributed by atoms with Crippen LogP contribution < -0.4 is 0 Å². The Morgan fingerprint density at radius 2 is 1.94 bits per heavy atom. The lowest BCUT2D eigenvalue weighted by Gasteiger charge is -2.13. The normalized spacial score (nSPS) is 12.1. The molecule has 0 amide bonds. The van der Waals surface area contributed by atoms with Crippen molar-refractivity contribution >= 4 is 21.6 Å². The third-order valence-corrected chi connectivity index (χ3v) is 4.31. The topological polar surface area (TPSA) is 37.4 Å². The standard InChI is InChI=1S/C10H13ClFNO2S/c1-7-4-9(16(14,15)13(2)3)5-8(6-11)10(7)12/h4-5H,6H2,1-3H3. The number of halogens is 2. The van der Waals surface area contributed by atoms with E-state index in [1.807, 2.05) is 0 Å². The lowest BCUT2D eigenvalue weighted by molar-refractivity contribution is 0.520. The summed E-state index contributed by atoms with van der Waals surface area (Å²) in [4.78, 5) is 0.0621. The monoisotopic (exact) mass is 265 g/mol. The van der Waals surface area contributed by atoms with Gasteiger partial charge in [0.2, 0.25) is 10.0 Å². The van der Waals surface area contributed by atoms with Crippen molar-refractivity contribution in [3.63, 3.8) is 0 Å². The molecule has 0 saturated heterocycles. The van der Waals surface area contributed by atoms with Gasteiger partial charge in [0.1, 0.15) is 5.82 Å². The van der Waals surface area contributed by atoms with E-state index < -0.39 is 15.8 Å². The molecule has 0 saturated carbocycles. The summed E-state index contributed by atoms with van der Waals surface area (Å²) >= 11 is 5.56. The third kappa shape index (κ3) is 2.36. The van der Waals surface area contributed by atoms with E-state index >= 15 is 0 Å². The molecule has 0 aliphatic heterocycles. The largest absolute Gasteiger partial charge is 0.242 e. The first-order valence-electron chi connectivity index (χ1n) is 4.58. The number of sulfonamides is 1. The van der Waals surface area contributed by atoms with Crippen molar-refractivity contribution in [3.05, 3.63) is 29.1 Å². The van der Waals surface area contributed by atoms with Crippen LogP contribution >= 0.6 is 11.6 Å². The second-order valence-corrected chi connectivity index (χ2v) is 6.05. The van der Waals surface area contributed by atoms with Crippen LogP contribution in [0.4, 0.5) is 4.39 Å². The summed E-state index contributed by atoms with van der Waals surface area (Å²) in [5.74, 6) is -0.503. The minimum absolute atomic E-state index is 0.0521. The zero-order valence-electron chi connectivity index (χ0n) is 9.29. The van der Waals surface area contributed by atoms with Gasteiger partial charge in [0.15, 0.2) is 0 Å². The third-order valence-electron chi connectivity index (χ3n) is 2.23. The van der Waals surface area contributed by atoms with E-state index in [9.17, 15) is 12.8 Å². The molecule has 6 heteroatoms. The van der Waals surface area contributed by atoms with Gasteiger partial charge >= 0.3 is 0 Å². The van der Waals surface area contributed by atoms with E-state index in [4.69, 9.17) is 11.6 Å². The number of alkyl halides is 1. The van der Waals surface area contributed by atoms with Gasteiger partial charge in [-0.15, -0.1) is 11.6 Å². The van der Waals surface area contributed by atoms with Gasteiger partial charge in [-0.1, -0.05) is 0 Å². The van der Waals surface area contributed by atoms with Crippen LogP contribution in [0.15, 0.2) is 17.0 Å². The van der Waals surface area contributed by atoms with Gasteiger partial charge in [-0.25, -0.2) is 17.1 Å². The van der Waals surface area contributed by atoms with Crippen molar-refractivity contribution in [3.8, 4) is 0 Å². The summed E-state index contributed by atoms with van der Waals surface area (Å²) in [7, 11) is -0.691. The Balaban J connectivity index is 3.44. The Labute approximate surface area is 99.9 Å². The van der Waals surface area contributed by atoms with Crippen LogP contribution in [0.1, 0.15) is 11.1 Å². The van der Waals surface area contributed by atoms with Crippen LogP contribution in [-0.2, 0) is 15.9 Å². The first kappa shape index (κ1) is 13.4. The molecule has 0 atom stereocenters. The smallest absolute Gasteiger partial charge is 0.207 e. The molecule has 1 rings (SSSR count). The molecular formula is C10H13ClFNO2S. The van der Waals surface area contributed by atoms with Crippen molar-refractivity contribution in [2.24, 2.45) is 0 Å². The van der Waals surface area contributed by atoms with Crippen molar-refractivity contribution in [2.75, 3.05) is 14.1 Å². The molecule has 0 aliphatic carbocycles. The van der Waals surface area contributed by atoms with Crippen LogP contribution in [0.5, 0.6) is 0 Å². The maximum atomic E-state index is 13.5. The fourth-order valence-electron chi connectivity index (χ4n) is 1.26. The summed E-state index contributed by atoms with van der Waals surface area (Å²) in [6, 6.07) is 2.57. The molecule has 0 heterocycles. The van der Waals surface area contributed by atoms with Gasteiger partial charge in [-0.3, -0.25) is 0 Å². The van der Waals surface area contributed by atoms with Crippen LogP contribution in [0.3, 0.4) is 0 Å². The molecule has 0 radical (unpaired) electrons. The summed E-state index contributed by atoms with van der Waals surface area (Å²) in [5.41, 5.74) is 0.473. The Morgan fingerprint density at radius 3 is 2.38 bits per heavy atom. The quantitative estimate of drug-likeness (QED) is 0.785. The highest BCUT2D eigenvalue weighted by Crippen LogP contribution is 2.22. The molecule has 0 bridgehead atoms. The molecule has 0 N–H and O–H groups in total. The number of aryl methyl sites for hydroxylation is 1. The summed E-state index contributed by atoms with van der Waals surface area (Å²) in [6.07, 6.45) is 0. The highest BCUT2D eigenvalue weighted by atomic mass is 35.5. The predicted octanol–water partition coefficient (Wildman–Crippen LogP) is 2.12. The molecular weight excluding hydrogens is 253 g/mol. The fraction of sp³-hybridized carbons (Fsp3) is 0.400. The van der Waals surface area contributed by atoms with Gasteiger partial charge in [-0.05, 0) is 24.6 Å². The first-order chi connectivity index (χ1) is 7.30. The zero-order chi connectivity index (χ0) is 12.5. The first-order valence-corrected chi connectivity index (χ1v) is 6.55. The van der Waals surface area contributed by atoms with Gasteiger partial charge in [-0.2, -0.15) is 0 Å². The zero-order valence-corrected chi connectivity index (χ0v) is 10.9. The molecule has 3 nitrogen and oxygen atoms in total. The molecule has 0 spiro atoms. The van der Waals surface area contributed by atoms with E-state index in [0.29, 0.717) is 0 Å². The van der Waals surface area contributed by atoms with Crippen molar-refractivity contribution < 1.29 is 12.8 Å². The molecule has 1 aromatic carbocycles. The average molecular weight is 266 g/mol. The molecule has 0 aromatic heterocycles. The summed E-state index contributed by atoms with van der Waals surface area (Å²) < 4.78 is 38.2. The summed E-state index contributed by atoms with van der Waals surface area (Å²) in [5, 5.41) is 0. The molecule has 16 heavy (non-hydrogen) atoms. The maximum Gasteiger partial charge on any atom is 0.242 e. The number of rotatable bonds is 3. The minimum atomic E-state index is -3.54. The van der Waals surface area contributed by atoms with Gasteiger partial charge in [0, 0.05) is 19.7 Å².